The van der Waals surface area contributed by atoms with E-state index in [1.165, 1.54) is 12.1 Å². The number of benzene rings is 2. The van der Waals surface area contributed by atoms with E-state index in [-0.39, 0.29) is 24.1 Å². The van der Waals surface area contributed by atoms with E-state index in [9.17, 15) is 8.42 Å². The summed E-state index contributed by atoms with van der Waals surface area (Å²) in [7, 11) is -3.64. The van der Waals surface area contributed by atoms with Crippen LogP contribution >= 0.6 is 0 Å². The van der Waals surface area contributed by atoms with Crippen LogP contribution in [0, 0.1) is 0 Å². The molecule has 4 rings (SSSR count). The first-order valence-corrected chi connectivity index (χ1v) is 8.87. The molecule has 0 radical (unpaired) electrons. The van der Waals surface area contributed by atoms with Crippen molar-refractivity contribution >= 4 is 10.0 Å². The minimum absolute atomic E-state index is 0.102. The molecule has 8 nitrogen and oxygen atoms in total. The maximum absolute atomic E-state index is 12.2. The third-order valence-corrected chi connectivity index (χ3v) is 4.98. The van der Waals surface area contributed by atoms with Crippen LogP contribution in [-0.2, 0) is 16.6 Å². The van der Waals surface area contributed by atoms with E-state index >= 15 is 0 Å². The van der Waals surface area contributed by atoms with Crippen LogP contribution < -0.4 is 14.2 Å². The van der Waals surface area contributed by atoms with Crippen molar-refractivity contribution in [1.29, 1.82) is 0 Å². The van der Waals surface area contributed by atoms with Gasteiger partial charge in [0.05, 0.1) is 11.4 Å². The van der Waals surface area contributed by atoms with Crippen LogP contribution in [0.25, 0.3) is 11.4 Å². The molecule has 25 heavy (non-hydrogen) atoms. The average Bonchev–Trinajstić information content (AvgIpc) is 3.29. The lowest BCUT2D eigenvalue weighted by molar-refractivity contribution is 0.174. The summed E-state index contributed by atoms with van der Waals surface area (Å²) in [5.74, 6) is 1.76. The summed E-state index contributed by atoms with van der Waals surface area (Å²) in [5.41, 5.74) is 0.685. The second-order valence-corrected chi connectivity index (χ2v) is 6.98. The van der Waals surface area contributed by atoms with Crippen LogP contribution in [0.4, 0.5) is 0 Å². The lowest BCUT2D eigenvalue weighted by Gasteiger charge is -2.03. The largest absolute Gasteiger partial charge is 0.454 e. The highest BCUT2D eigenvalue weighted by atomic mass is 32.2. The highest BCUT2D eigenvalue weighted by molar-refractivity contribution is 7.89. The van der Waals surface area contributed by atoms with Gasteiger partial charge in [-0.15, -0.1) is 0 Å². The Morgan fingerprint density at radius 2 is 1.84 bits per heavy atom. The number of sulfonamides is 1. The minimum Gasteiger partial charge on any atom is -0.454 e. The molecule has 0 spiro atoms. The van der Waals surface area contributed by atoms with Crippen molar-refractivity contribution in [3.8, 4) is 22.9 Å². The maximum Gasteiger partial charge on any atom is 0.242 e. The van der Waals surface area contributed by atoms with Gasteiger partial charge in [0.2, 0.25) is 28.5 Å². The van der Waals surface area contributed by atoms with Gasteiger partial charge in [-0.05, 0) is 30.3 Å². The topological polar surface area (TPSA) is 104 Å². The quantitative estimate of drug-likeness (QED) is 0.742. The predicted molar refractivity (Wildman–Crippen MR) is 86.3 cm³/mol. The normalized spacial score (nSPS) is 13.1. The Morgan fingerprint density at radius 3 is 2.68 bits per heavy atom. The van der Waals surface area contributed by atoms with Crippen molar-refractivity contribution in [3.05, 3.63) is 54.4 Å². The van der Waals surface area contributed by atoms with E-state index in [0.29, 0.717) is 22.9 Å². The van der Waals surface area contributed by atoms with Gasteiger partial charge in [0, 0.05) is 5.56 Å². The van der Waals surface area contributed by atoms with Gasteiger partial charge < -0.3 is 14.0 Å². The molecular formula is C16H13N3O5S. The molecule has 0 amide bonds. The van der Waals surface area contributed by atoms with E-state index in [1.807, 2.05) is 0 Å². The molecule has 1 aromatic heterocycles. The fourth-order valence-electron chi connectivity index (χ4n) is 2.32. The standard InChI is InChI=1S/C16H13N3O5S/c20-25(21,12-4-2-1-3-5-12)17-9-15-18-16(19-24-15)11-6-7-13-14(8-11)23-10-22-13/h1-8,17H,9-10H2. The third-order valence-electron chi connectivity index (χ3n) is 3.57. The summed E-state index contributed by atoms with van der Waals surface area (Å²) in [4.78, 5) is 4.37. The Labute approximate surface area is 143 Å². The minimum atomic E-state index is -3.64. The highest BCUT2D eigenvalue weighted by Crippen LogP contribution is 2.35. The number of nitrogens with zero attached hydrogens (tertiary/aromatic N) is 2. The summed E-state index contributed by atoms with van der Waals surface area (Å²) in [6, 6.07) is 13.3. The monoisotopic (exact) mass is 359 g/mol. The van der Waals surface area contributed by atoms with Gasteiger partial charge in [0.25, 0.3) is 0 Å². The number of ether oxygens (including phenoxy) is 2. The van der Waals surface area contributed by atoms with Gasteiger partial charge in [0.15, 0.2) is 11.5 Å². The van der Waals surface area contributed by atoms with Gasteiger partial charge in [-0.25, -0.2) is 13.1 Å². The van der Waals surface area contributed by atoms with Crippen molar-refractivity contribution in [2.75, 3.05) is 6.79 Å². The molecule has 1 N–H and O–H groups in total. The van der Waals surface area contributed by atoms with Crippen molar-refractivity contribution in [2.45, 2.75) is 11.4 Å². The van der Waals surface area contributed by atoms with Crippen LogP contribution in [-0.4, -0.2) is 25.4 Å². The van der Waals surface area contributed by atoms with Crippen LogP contribution in [0.5, 0.6) is 11.5 Å². The van der Waals surface area contributed by atoms with Crippen molar-refractivity contribution in [3.63, 3.8) is 0 Å². The Balaban J connectivity index is 1.49. The smallest absolute Gasteiger partial charge is 0.242 e. The molecule has 0 aliphatic carbocycles. The molecular weight excluding hydrogens is 346 g/mol. The van der Waals surface area contributed by atoms with E-state index < -0.39 is 10.0 Å². The molecule has 1 aliphatic rings. The lowest BCUT2D eigenvalue weighted by Crippen LogP contribution is -2.23. The van der Waals surface area contributed by atoms with E-state index in [4.69, 9.17) is 14.0 Å². The number of fused-ring (bicyclic) bond motifs is 1. The molecule has 0 saturated heterocycles. The number of rotatable bonds is 5. The Bertz CT molecular complexity index is 1000. The summed E-state index contributed by atoms with van der Waals surface area (Å²) in [6.45, 7) is 0.0757. The van der Waals surface area contributed by atoms with Gasteiger partial charge in [0.1, 0.15) is 0 Å². The third kappa shape index (κ3) is 3.19. The second-order valence-electron chi connectivity index (χ2n) is 5.22. The molecule has 3 aromatic rings. The van der Waals surface area contributed by atoms with Gasteiger partial charge >= 0.3 is 0 Å². The molecule has 2 heterocycles. The molecule has 0 saturated carbocycles. The zero-order valence-corrected chi connectivity index (χ0v) is 13.7. The van der Waals surface area contributed by atoms with Gasteiger partial charge in [-0.2, -0.15) is 4.98 Å². The summed E-state index contributed by atoms with van der Waals surface area (Å²) in [5, 5.41) is 3.87. The van der Waals surface area contributed by atoms with Crippen molar-refractivity contribution in [2.24, 2.45) is 0 Å². The molecule has 128 valence electrons. The Morgan fingerprint density at radius 1 is 1.04 bits per heavy atom. The SMILES string of the molecule is O=S(=O)(NCc1nc(-c2ccc3c(c2)OCO3)no1)c1ccccc1. The summed E-state index contributed by atoms with van der Waals surface area (Å²) < 4.78 is 42.5. The van der Waals surface area contributed by atoms with Crippen LogP contribution in [0.2, 0.25) is 0 Å². The fourth-order valence-corrected chi connectivity index (χ4v) is 3.31. The molecule has 0 bridgehead atoms. The van der Waals surface area contributed by atoms with Gasteiger partial charge in [-0.1, -0.05) is 23.4 Å². The molecule has 1 aliphatic heterocycles. The lowest BCUT2D eigenvalue weighted by atomic mass is 10.2. The number of hydrogen-bond donors (Lipinski definition) is 1. The molecule has 0 unspecified atom stereocenters. The molecule has 9 heteroatoms. The van der Waals surface area contributed by atoms with Crippen LogP contribution in [0.15, 0.2) is 57.9 Å². The molecule has 0 atom stereocenters. The van der Waals surface area contributed by atoms with E-state index in [2.05, 4.69) is 14.9 Å². The van der Waals surface area contributed by atoms with Gasteiger partial charge in [-0.3, -0.25) is 0 Å². The van der Waals surface area contributed by atoms with E-state index in [1.54, 1.807) is 36.4 Å². The zero-order valence-electron chi connectivity index (χ0n) is 12.9. The Hall–Kier alpha value is -2.91. The van der Waals surface area contributed by atoms with Crippen LogP contribution in [0.1, 0.15) is 5.89 Å². The number of aromatic nitrogens is 2. The summed E-state index contributed by atoms with van der Waals surface area (Å²) in [6.07, 6.45) is 0. The van der Waals surface area contributed by atoms with E-state index in [0.717, 1.165) is 0 Å². The van der Waals surface area contributed by atoms with Crippen molar-refractivity contribution in [1.82, 2.24) is 14.9 Å². The number of hydrogen-bond acceptors (Lipinski definition) is 7. The van der Waals surface area contributed by atoms with Crippen LogP contribution in [0.3, 0.4) is 0 Å². The predicted octanol–water partition coefficient (Wildman–Crippen LogP) is 1.94. The second kappa shape index (κ2) is 6.19. The highest BCUT2D eigenvalue weighted by Gasteiger charge is 2.18. The van der Waals surface area contributed by atoms with Crippen molar-refractivity contribution < 1.29 is 22.4 Å². The molecule has 0 fully saturated rings. The fraction of sp³-hybridized carbons (Fsp3) is 0.125. The first kappa shape index (κ1) is 15.6. The maximum atomic E-state index is 12.2. The first-order chi connectivity index (χ1) is 12.1. The average molecular weight is 359 g/mol. The number of nitrogens with one attached hydrogen (secondary N) is 1. The molecule has 2 aromatic carbocycles. The summed E-state index contributed by atoms with van der Waals surface area (Å²) >= 11 is 0. The first-order valence-electron chi connectivity index (χ1n) is 7.39. The zero-order chi connectivity index (χ0) is 17.3. The Kier molecular flexibility index (Phi) is 3.86.